The van der Waals surface area contributed by atoms with Crippen molar-refractivity contribution in [1.29, 1.82) is 0 Å². The van der Waals surface area contributed by atoms with Crippen LogP contribution in [0, 0.1) is 5.92 Å². The highest BCUT2D eigenvalue weighted by Gasteiger charge is 2.20. The van der Waals surface area contributed by atoms with E-state index < -0.39 is 5.69 Å². The Hall–Kier alpha value is -2.03. The van der Waals surface area contributed by atoms with E-state index in [1.165, 1.54) is 49.1 Å². The van der Waals surface area contributed by atoms with Crippen molar-refractivity contribution in [3.63, 3.8) is 0 Å². The Labute approximate surface area is 155 Å². The molecule has 26 heavy (non-hydrogen) atoms. The van der Waals surface area contributed by atoms with Crippen molar-refractivity contribution in [2.24, 2.45) is 20.0 Å². The number of nitrogens with one attached hydrogen (secondary N) is 1. The molecule has 1 aliphatic carbocycles. The van der Waals surface area contributed by atoms with Gasteiger partial charge in [-0.3, -0.25) is 18.7 Å². The first-order chi connectivity index (χ1) is 12.4. The molecule has 2 aromatic heterocycles. The second-order valence-corrected chi connectivity index (χ2v) is 7.70. The maximum absolute atomic E-state index is 12.5. The molecule has 3 rings (SSSR count). The number of imidazole rings is 1. The van der Waals surface area contributed by atoms with E-state index in [1.807, 2.05) is 6.92 Å². The van der Waals surface area contributed by atoms with Crippen LogP contribution in [0.3, 0.4) is 0 Å². The summed E-state index contributed by atoms with van der Waals surface area (Å²) in [7, 11) is 3.06. The normalized spacial score (nSPS) is 15.0. The molecule has 2 heterocycles. The molecule has 1 saturated carbocycles. The standard InChI is InChI=1S/C17H25N5O3S/c1-4-22-13-14(20(2)17(25)21(3)15(13)24)19-16(22)26-10-12(23)18-9-11-7-5-6-8-11/h11H,4-10H2,1-3H3,(H,18,23). The fourth-order valence-electron chi connectivity index (χ4n) is 3.48. The Morgan fingerprint density at radius 1 is 1.23 bits per heavy atom. The van der Waals surface area contributed by atoms with E-state index in [0.29, 0.717) is 28.8 Å². The molecule has 142 valence electrons. The van der Waals surface area contributed by atoms with Gasteiger partial charge in [-0.15, -0.1) is 0 Å². The van der Waals surface area contributed by atoms with E-state index in [-0.39, 0.29) is 17.2 Å². The lowest BCUT2D eigenvalue weighted by molar-refractivity contribution is -0.118. The van der Waals surface area contributed by atoms with Crippen LogP contribution in [0.4, 0.5) is 0 Å². The lowest BCUT2D eigenvalue weighted by Crippen LogP contribution is -2.37. The van der Waals surface area contributed by atoms with Crippen LogP contribution in [-0.4, -0.2) is 36.9 Å². The molecule has 1 aliphatic rings. The van der Waals surface area contributed by atoms with Gasteiger partial charge in [0.1, 0.15) is 0 Å². The average Bonchev–Trinajstić information content (AvgIpc) is 3.28. The highest BCUT2D eigenvalue weighted by Crippen LogP contribution is 2.24. The third-order valence-corrected chi connectivity index (χ3v) is 6.00. The number of aryl methyl sites for hydroxylation is 2. The molecule has 0 radical (unpaired) electrons. The van der Waals surface area contributed by atoms with Gasteiger partial charge in [0.15, 0.2) is 16.3 Å². The summed E-state index contributed by atoms with van der Waals surface area (Å²) in [4.78, 5) is 41.2. The molecule has 0 aromatic carbocycles. The van der Waals surface area contributed by atoms with Crippen LogP contribution in [0.25, 0.3) is 11.2 Å². The zero-order chi connectivity index (χ0) is 18.8. The van der Waals surface area contributed by atoms with Gasteiger partial charge in [-0.1, -0.05) is 24.6 Å². The van der Waals surface area contributed by atoms with Crippen LogP contribution in [0.2, 0.25) is 0 Å². The first-order valence-electron chi connectivity index (χ1n) is 8.99. The third-order valence-electron chi connectivity index (χ3n) is 5.02. The van der Waals surface area contributed by atoms with Gasteiger partial charge in [0.25, 0.3) is 5.56 Å². The summed E-state index contributed by atoms with van der Waals surface area (Å²) in [6, 6.07) is 0. The molecule has 0 spiro atoms. The van der Waals surface area contributed by atoms with Gasteiger partial charge in [-0.05, 0) is 25.7 Å². The predicted molar refractivity (Wildman–Crippen MR) is 102 cm³/mol. The molecule has 0 saturated heterocycles. The first kappa shape index (κ1) is 18.8. The molecular weight excluding hydrogens is 354 g/mol. The largest absolute Gasteiger partial charge is 0.355 e. The quantitative estimate of drug-likeness (QED) is 0.752. The lowest BCUT2D eigenvalue weighted by Gasteiger charge is -2.10. The molecule has 1 amide bonds. The van der Waals surface area contributed by atoms with Gasteiger partial charge in [-0.25, -0.2) is 9.78 Å². The molecule has 1 N–H and O–H groups in total. The van der Waals surface area contributed by atoms with Gasteiger partial charge in [-0.2, -0.15) is 0 Å². The number of aromatic nitrogens is 4. The molecular formula is C17H25N5O3S. The summed E-state index contributed by atoms with van der Waals surface area (Å²) in [5.41, 5.74) is -0.0242. The average molecular weight is 379 g/mol. The van der Waals surface area contributed by atoms with Gasteiger partial charge in [0.2, 0.25) is 5.91 Å². The fourth-order valence-corrected chi connectivity index (χ4v) is 4.37. The zero-order valence-electron chi connectivity index (χ0n) is 15.4. The SMILES string of the molecule is CCn1c(SCC(=O)NCC2CCCC2)nc2c1c(=O)n(C)c(=O)n2C. The van der Waals surface area contributed by atoms with Gasteiger partial charge in [0, 0.05) is 27.2 Å². The first-order valence-corrected chi connectivity index (χ1v) is 9.98. The van der Waals surface area contributed by atoms with Crippen LogP contribution in [-0.2, 0) is 25.4 Å². The predicted octanol–water partition coefficient (Wildman–Crippen LogP) is 0.852. The number of hydrogen-bond donors (Lipinski definition) is 1. The second-order valence-electron chi connectivity index (χ2n) is 6.76. The number of fused-ring (bicyclic) bond motifs is 1. The fraction of sp³-hybridized carbons (Fsp3) is 0.647. The van der Waals surface area contributed by atoms with Gasteiger partial charge >= 0.3 is 5.69 Å². The molecule has 0 unspecified atom stereocenters. The summed E-state index contributed by atoms with van der Waals surface area (Å²) in [5.74, 6) is 0.810. The van der Waals surface area contributed by atoms with E-state index >= 15 is 0 Å². The maximum Gasteiger partial charge on any atom is 0.332 e. The number of nitrogens with zero attached hydrogens (tertiary/aromatic N) is 4. The number of carbonyl (C=O) groups excluding carboxylic acids is 1. The number of amides is 1. The molecule has 1 fully saturated rings. The van der Waals surface area contributed by atoms with Crippen LogP contribution >= 0.6 is 11.8 Å². The summed E-state index contributed by atoms with van der Waals surface area (Å²) >= 11 is 1.29. The minimum Gasteiger partial charge on any atom is -0.355 e. The molecule has 8 nitrogen and oxygen atoms in total. The Morgan fingerprint density at radius 3 is 2.58 bits per heavy atom. The van der Waals surface area contributed by atoms with Crippen molar-refractivity contribution in [1.82, 2.24) is 24.0 Å². The Morgan fingerprint density at radius 2 is 1.92 bits per heavy atom. The van der Waals surface area contributed by atoms with E-state index in [2.05, 4.69) is 10.3 Å². The van der Waals surface area contributed by atoms with Crippen molar-refractivity contribution in [3.05, 3.63) is 20.8 Å². The maximum atomic E-state index is 12.5. The highest BCUT2D eigenvalue weighted by molar-refractivity contribution is 7.99. The Balaban J connectivity index is 1.78. The molecule has 0 aliphatic heterocycles. The van der Waals surface area contributed by atoms with Crippen molar-refractivity contribution in [3.8, 4) is 0 Å². The topological polar surface area (TPSA) is 90.9 Å². The molecule has 0 atom stereocenters. The van der Waals surface area contributed by atoms with Crippen LogP contribution in [0.1, 0.15) is 32.6 Å². The third kappa shape index (κ3) is 3.44. The lowest BCUT2D eigenvalue weighted by atomic mass is 10.1. The van der Waals surface area contributed by atoms with E-state index in [1.54, 1.807) is 11.6 Å². The Kier molecular flexibility index (Phi) is 5.55. The Bertz CT molecular complexity index is 936. The van der Waals surface area contributed by atoms with E-state index in [0.717, 1.165) is 11.1 Å². The van der Waals surface area contributed by atoms with Crippen molar-refractivity contribution >= 4 is 28.8 Å². The second kappa shape index (κ2) is 7.69. The van der Waals surface area contributed by atoms with Crippen molar-refractivity contribution in [2.75, 3.05) is 12.3 Å². The number of rotatable bonds is 6. The van der Waals surface area contributed by atoms with Crippen LogP contribution < -0.4 is 16.6 Å². The zero-order valence-corrected chi connectivity index (χ0v) is 16.3. The van der Waals surface area contributed by atoms with E-state index in [4.69, 9.17) is 0 Å². The summed E-state index contributed by atoms with van der Waals surface area (Å²) in [5, 5.41) is 3.57. The summed E-state index contributed by atoms with van der Waals surface area (Å²) < 4.78 is 4.22. The highest BCUT2D eigenvalue weighted by atomic mass is 32.2. The number of carbonyl (C=O) groups is 1. The smallest absolute Gasteiger partial charge is 0.332 e. The van der Waals surface area contributed by atoms with E-state index in [9.17, 15) is 14.4 Å². The molecule has 2 aromatic rings. The minimum absolute atomic E-state index is 0.0293. The summed E-state index contributed by atoms with van der Waals surface area (Å²) in [6.45, 7) is 3.19. The molecule has 9 heteroatoms. The van der Waals surface area contributed by atoms with Crippen molar-refractivity contribution in [2.45, 2.75) is 44.3 Å². The molecule has 0 bridgehead atoms. The van der Waals surface area contributed by atoms with Crippen molar-refractivity contribution < 1.29 is 4.79 Å². The van der Waals surface area contributed by atoms with Gasteiger partial charge < -0.3 is 9.88 Å². The van der Waals surface area contributed by atoms with Crippen LogP contribution in [0.5, 0.6) is 0 Å². The monoisotopic (exact) mass is 379 g/mol. The van der Waals surface area contributed by atoms with Gasteiger partial charge in [0.05, 0.1) is 5.75 Å². The van der Waals surface area contributed by atoms with Crippen LogP contribution in [0.15, 0.2) is 14.7 Å². The summed E-state index contributed by atoms with van der Waals surface area (Å²) in [6.07, 6.45) is 4.89. The minimum atomic E-state index is -0.408. The number of hydrogen-bond acceptors (Lipinski definition) is 5. The number of thioether (sulfide) groups is 1.